The number of sulfonamides is 1. The molecule has 8 nitrogen and oxygen atoms in total. The van der Waals surface area contributed by atoms with Crippen LogP contribution in [0.3, 0.4) is 0 Å². The predicted octanol–water partition coefficient (Wildman–Crippen LogP) is 1.84. The maximum Gasteiger partial charge on any atom is 0.417 e. The van der Waals surface area contributed by atoms with E-state index in [1.165, 1.54) is 36.4 Å². The number of nitriles is 1. The lowest BCUT2D eigenvalue weighted by atomic mass is 9.91. The van der Waals surface area contributed by atoms with Gasteiger partial charge < -0.3 is 9.87 Å². The van der Waals surface area contributed by atoms with Crippen LogP contribution in [0.5, 0.6) is 0 Å². The molecule has 166 valence electrons. The predicted molar refractivity (Wildman–Crippen MR) is 105 cm³/mol. The summed E-state index contributed by atoms with van der Waals surface area (Å²) in [5.41, 5.74) is -4.83. The van der Waals surface area contributed by atoms with Gasteiger partial charge in [0.25, 0.3) is 5.91 Å². The number of nitrogens with one attached hydrogen (secondary N) is 2. The molecule has 0 saturated heterocycles. The van der Waals surface area contributed by atoms with Crippen LogP contribution in [0.2, 0.25) is 0 Å². The van der Waals surface area contributed by atoms with Crippen molar-refractivity contribution in [2.45, 2.75) is 11.7 Å². The molecule has 0 fully saturated rings. The van der Waals surface area contributed by atoms with Gasteiger partial charge in [0.15, 0.2) is 0 Å². The molecule has 13 heteroatoms. The lowest BCUT2D eigenvalue weighted by molar-refractivity contribution is -0.137. The van der Waals surface area contributed by atoms with Crippen LogP contribution in [-0.2, 0) is 37.6 Å². The molecular formula is C18H15F3N3O5S2-. The Morgan fingerprint density at radius 1 is 1.19 bits per heavy atom. The fourth-order valence-corrected chi connectivity index (χ4v) is 4.55. The van der Waals surface area contributed by atoms with E-state index in [1.54, 1.807) is 0 Å². The van der Waals surface area contributed by atoms with Crippen molar-refractivity contribution in [1.29, 1.82) is 5.26 Å². The number of carbonyl (C=O) groups excluding carboxylic acids is 1. The second-order valence-electron chi connectivity index (χ2n) is 6.42. The monoisotopic (exact) mass is 474 g/mol. The standard InChI is InChI=1S/C18H16F3N3O5S2/c1-31(28,29)24-17(11-30(26)27,13-5-3-2-4-6-13)16(25)23-14-8-7-12(10-22)15(9-14)18(19,20)21/h2-9,24H,11H2,1H3,(H,23,25)(H,26,27)/p-1/t17-/m1/s1. The molecule has 1 amide bonds. The van der Waals surface area contributed by atoms with Crippen molar-refractivity contribution in [3.8, 4) is 6.07 Å². The van der Waals surface area contributed by atoms with Gasteiger partial charge >= 0.3 is 6.18 Å². The van der Waals surface area contributed by atoms with Crippen LogP contribution in [0, 0.1) is 11.3 Å². The molecule has 0 saturated carbocycles. The van der Waals surface area contributed by atoms with Crippen LogP contribution < -0.4 is 10.0 Å². The highest BCUT2D eigenvalue weighted by Crippen LogP contribution is 2.34. The molecule has 0 heterocycles. The summed E-state index contributed by atoms with van der Waals surface area (Å²) >= 11 is -2.93. The number of carbonyl (C=O) groups is 1. The van der Waals surface area contributed by atoms with Crippen molar-refractivity contribution < 1.29 is 35.1 Å². The summed E-state index contributed by atoms with van der Waals surface area (Å²) in [6.45, 7) is 0. The molecule has 0 spiro atoms. The first-order valence-electron chi connectivity index (χ1n) is 8.31. The number of anilines is 1. The van der Waals surface area contributed by atoms with Gasteiger partial charge in [0.2, 0.25) is 10.0 Å². The van der Waals surface area contributed by atoms with E-state index in [1.807, 2.05) is 4.72 Å². The third-order valence-corrected chi connectivity index (χ3v) is 5.44. The highest BCUT2D eigenvalue weighted by Gasteiger charge is 2.43. The minimum Gasteiger partial charge on any atom is -0.772 e. The molecule has 1 unspecified atom stereocenters. The van der Waals surface area contributed by atoms with Gasteiger partial charge in [-0.25, -0.2) is 8.42 Å². The first-order valence-corrected chi connectivity index (χ1v) is 11.5. The molecule has 0 aliphatic heterocycles. The van der Waals surface area contributed by atoms with E-state index in [0.29, 0.717) is 12.3 Å². The summed E-state index contributed by atoms with van der Waals surface area (Å²) in [4.78, 5) is 13.1. The number of nitrogens with zero attached hydrogens (tertiary/aromatic N) is 1. The Balaban J connectivity index is 2.61. The maximum atomic E-state index is 13.2. The van der Waals surface area contributed by atoms with Gasteiger partial charge in [-0.1, -0.05) is 41.4 Å². The molecular weight excluding hydrogens is 459 g/mol. The molecule has 0 radical (unpaired) electrons. The fraction of sp³-hybridized carbons (Fsp3) is 0.222. The van der Waals surface area contributed by atoms with E-state index in [2.05, 4.69) is 5.32 Å². The topological polar surface area (TPSA) is 139 Å². The lowest BCUT2D eigenvalue weighted by Crippen LogP contribution is -2.57. The van der Waals surface area contributed by atoms with Gasteiger partial charge in [0.1, 0.15) is 5.54 Å². The van der Waals surface area contributed by atoms with Crippen molar-refractivity contribution in [2.75, 3.05) is 17.3 Å². The van der Waals surface area contributed by atoms with Gasteiger partial charge in [0.05, 0.1) is 23.5 Å². The third-order valence-electron chi connectivity index (χ3n) is 4.05. The van der Waals surface area contributed by atoms with E-state index in [-0.39, 0.29) is 5.56 Å². The molecule has 2 N–H and O–H groups in total. The van der Waals surface area contributed by atoms with E-state index in [0.717, 1.165) is 12.1 Å². The Morgan fingerprint density at radius 2 is 1.81 bits per heavy atom. The largest absolute Gasteiger partial charge is 0.772 e. The van der Waals surface area contributed by atoms with E-state index in [9.17, 15) is 35.1 Å². The van der Waals surface area contributed by atoms with Gasteiger partial charge in [-0.3, -0.25) is 9.00 Å². The molecule has 31 heavy (non-hydrogen) atoms. The van der Waals surface area contributed by atoms with E-state index in [4.69, 9.17) is 5.26 Å². The summed E-state index contributed by atoms with van der Waals surface area (Å²) in [6, 6.07) is 10.7. The summed E-state index contributed by atoms with van der Waals surface area (Å²) in [7, 11) is -4.16. The van der Waals surface area contributed by atoms with Crippen molar-refractivity contribution in [2.24, 2.45) is 0 Å². The van der Waals surface area contributed by atoms with Crippen molar-refractivity contribution in [3.05, 3.63) is 65.2 Å². The second kappa shape index (κ2) is 9.15. The third kappa shape index (κ3) is 6.11. The molecule has 2 atom stereocenters. The van der Waals surface area contributed by atoms with Gasteiger partial charge in [0, 0.05) is 11.4 Å². The van der Waals surface area contributed by atoms with Crippen LogP contribution in [0.1, 0.15) is 16.7 Å². The Bertz CT molecular complexity index is 1150. The Kier molecular flexibility index (Phi) is 7.22. The van der Waals surface area contributed by atoms with Crippen LogP contribution in [0.25, 0.3) is 0 Å². The first kappa shape index (κ1) is 24.5. The Hall–Kier alpha value is -2.79. The van der Waals surface area contributed by atoms with Crippen LogP contribution in [0.15, 0.2) is 48.5 Å². The van der Waals surface area contributed by atoms with E-state index >= 15 is 0 Å². The second-order valence-corrected chi connectivity index (χ2v) is 9.06. The fourth-order valence-electron chi connectivity index (χ4n) is 2.82. The lowest BCUT2D eigenvalue weighted by Gasteiger charge is -2.34. The van der Waals surface area contributed by atoms with E-state index < -0.39 is 61.3 Å². The molecule has 0 bridgehead atoms. The van der Waals surface area contributed by atoms with Gasteiger partial charge in [-0.2, -0.15) is 23.2 Å². The molecule has 0 aliphatic rings. The normalized spacial score (nSPS) is 14.8. The Morgan fingerprint density at radius 3 is 2.29 bits per heavy atom. The number of hydrogen-bond donors (Lipinski definition) is 2. The van der Waals surface area contributed by atoms with Crippen LogP contribution in [0.4, 0.5) is 18.9 Å². The van der Waals surface area contributed by atoms with Crippen LogP contribution in [-0.4, -0.2) is 35.1 Å². The van der Waals surface area contributed by atoms with Crippen molar-refractivity contribution in [1.82, 2.24) is 4.72 Å². The summed E-state index contributed by atoms with van der Waals surface area (Å²) in [5.74, 6) is -2.26. The number of hydrogen-bond acceptors (Lipinski definition) is 6. The molecule has 2 aromatic carbocycles. The zero-order valence-corrected chi connectivity index (χ0v) is 17.4. The highest BCUT2D eigenvalue weighted by molar-refractivity contribution is 7.88. The Labute approximate surface area is 178 Å². The molecule has 0 aliphatic carbocycles. The average Bonchev–Trinajstić information content (AvgIpc) is 2.65. The molecule has 0 aromatic heterocycles. The summed E-state index contributed by atoms with van der Waals surface area (Å²) in [5, 5.41) is 11.0. The van der Waals surface area contributed by atoms with Crippen LogP contribution >= 0.6 is 0 Å². The summed E-state index contributed by atoms with van der Waals surface area (Å²) in [6.07, 6.45) is -4.20. The molecule has 2 aromatic rings. The number of amides is 1. The van der Waals surface area contributed by atoms with Gasteiger partial charge in [-0.05, 0) is 23.8 Å². The number of halogens is 3. The minimum atomic E-state index is -4.90. The first-order chi connectivity index (χ1) is 14.3. The highest BCUT2D eigenvalue weighted by atomic mass is 32.2. The van der Waals surface area contributed by atoms with Crippen molar-refractivity contribution >= 4 is 32.7 Å². The zero-order valence-electron chi connectivity index (χ0n) is 15.8. The number of alkyl halides is 3. The maximum absolute atomic E-state index is 13.2. The average molecular weight is 474 g/mol. The molecule has 2 rings (SSSR count). The number of benzene rings is 2. The van der Waals surface area contributed by atoms with Gasteiger partial charge in [-0.15, -0.1) is 0 Å². The number of rotatable bonds is 7. The quantitative estimate of drug-likeness (QED) is 0.587. The SMILES string of the molecule is CS(=O)(=O)N[C@@](CS(=O)[O-])(C(=O)Nc1ccc(C#N)c(C(F)(F)F)c1)c1ccccc1. The van der Waals surface area contributed by atoms with Crippen molar-refractivity contribution in [3.63, 3.8) is 0 Å². The zero-order chi connectivity index (χ0) is 23.4. The smallest absolute Gasteiger partial charge is 0.417 e. The minimum absolute atomic E-state index is 0.0492. The summed E-state index contributed by atoms with van der Waals surface area (Å²) < 4.78 is 88.5.